The lowest BCUT2D eigenvalue weighted by Crippen LogP contribution is -2.40. The molecule has 0 spiro atoms. The van der Waals surface area contributed by atoms with Crippen molar-refractivity contribution in [3.63, 3.8) is 0 Å². The molecule has 3 rings (SSSR count). The molecule has 27 heavy (non-hydrogen) atoms. The second-order valence-electron chi connectivity index (χ2n) is 6.47. The summed E-state index contributed by atoms with van der Waals surface area (Å²) < 4.78 is 11.4. The van der Waals surface area contributed by atoms with E-state index in [1.54, 1.807) is 13.8 Å². The molecule has 2 heterocycles. The summed E-state index contributed by atoms with van der Waals surface area (Å²) in [5.41, 5.74) is 1.85. The molecule has 1 aliphatic rings. The number of nitrogens with one attached hydrogen (secondary N) is 2. The van der Waals surface area contributed by atoms with Crippen molar-refractivity contribution in [2.24, 2.45) is 0 Å². The van der Waals surface area contributed by atoms with Crippen molar-refractivity contribution in [2.75, 3.05) is 13.2 Å². The maximum atomic E-state index is 12.2. The van der Waals surface area contributed by atoms with Gasteiger partial charge < -0.3 is 19.8 Å². The zero-order valence-electron chi connectivity index (χ0n) is 15.3. The number of nitrogens with zero attached hydrogens (tertiary/aromatic N) is 1. The lowest BCUT2D eigenvalue weighted by atomic mass is 9.99. The van der Waals surface area contributed by atoms with Crippen LogP contribution >= 0.6 is 0 Å². The molecule has 1 amide bonds. The predicted molar refractivity (Wildman–Crippen MR) is 98.9 cm³/mol. The van der Waals surface area contributed by atoms with Gasteiger partial charge in [-0.3, -0.25) is 9.59 Å². The Kier molecular flexibility index (Phi) is 5.46. The van der Waals surface area contributed by atoms with Crippen molar-refractivity contribution in [3.8, 4) is 17.6 Å². The highest BCUT2D eigenvalue weighted by atomic mass is 16.6. The van der Waals surface area contributed by atoms with E-state index in [-0.39, 0.29) is 24.0 Å². The second kappa shape index (κ2) is 7.96. The summed E-state index contributed by atoms with van der Waals surface area (Å²) in [4.78, 5) is 26.6. The molecule has 0 saturated carbocycles. The molecule has 7 heteroatoms. The van der Waals surface area contributed by atoms with Gasteiger partial charge in [-0.25, -0.2) is 0 Å². The highest BCUT2D eigenvalue weighted by Gasteiger charge is 2.21. The summed E-state index contributed by atoms with van der Waals surface area (Å²) in [5, 5.41) is 12.0. The van der Waals surface area contributed by atoms with E-state index < -0.39 is 5.56 Å². The monoisotopic (exact) mass is 367 g/mol. The summed E-state index contributed by atoms with van der Waals surface area (Å²) in [6.45, 7) is 4.23. The Morgan fingerprint density at radius 2 is 2.07 bits per heavy atom. The predicted octanol–water partition coefficient (Wildman–Crippen LogP) is 1.75. The number of aryl methyl sites for hydroxylation is 1. The van der Waals surface area contributed by atoms with Crippen LogP contribution < -0.4 is 20.3 Å². The Morgan fingerprint density at radius 1 is 1.33 bits per heavy atom. The summed E-state index contributed by atoms with van der Waals surface area (Å²) in [5.74, 6) is 1.25. The molecule has 2 N–H and O–H groups in total. The number of carbonyl (C=O) groups is 1. The van der Waals surface area contributed by atoms with Crippen molar-refractivity contribution in [3.05, 3.63) is 57.0 Å². The number of hydrogen-bond donors (Lipinski definition) is 2. The Labute approximate surface area is 156 Å². The molecular weight excluding hydrogens is 346 g/mol. The second-order valence-corrected chi connectivity index (χ2v) is 6.47. The molecule has 0 radical (unpaired) electrons. The van der Waals surface area contributed by atoms with Crippen LogP contribution in [0.4, 0.5) is 0 Å². The van der Waals surface area contributed by atoms with E-state index >= 15 is 0 Å². The summed E-state index contributed by atoms with van der Waals surface area (Å²) in [7, 11) is 0. The standard InChI is InChI=1S/C20H21N3O4/c1-12-15(13(2)23-20(25)16(12)9-21)7-8-19(24)22-10-14-11-26-17-5-3-4-6-18(17)27-14/h3-6,14H,7-8,10-11H2,1-2H3,(H,22,24)(H,23,25)/t14-/m1/s1. The van der Waals surface area contributed by atoms with Crippen LogP contribution in [0.2, 0.25) is 0 Å². The first-order chi connectivity index (χ1) is 13.0. The van der Waals surface area contributed by atoms with Crippen molar-refractivity contribution >= 4 is 5.91 Å². The molecule has 1 atom stereocenters. The smallest absolute Gasteiger partial charge is 0.266 e. The average Bonchev–Trinajstić information content (AvgIpc) is 2.66. The lowest BCUT2D eigenvalue weighted by Gasteiger charge is -2.26. The van der Waals surface area contributed by atoms with Crippen LogP contribution in [0.1, 0.15) is 28.8 Å². The first-order valence-corrected chi connectivity index (χ1v) is 8.77. The topological polar surface area (TPSA) is 104 Å². The van der Waals surface area contributed by atoms with E-state index in [2.05, 4.69) is 10.3 Å². The Balaban J connectivity index is 1.54. The first-order valence-electron chi connectivity index (χ1n) is 8.77. The summed E-state index contributed by atoms with van der Waals surface area (Å²) in [6, 6.07) is 9.34. The van der Waals surface area contributed by atoms with E-state index in [1.165, 1.54) is 0 Å². The number of pyridine rings is 1. The van der Waals surface area contributed by atoms with Gasteiger partial charge in [0.15, 0.2) is 11.5 Å². The zero-order valence-corrected chi connectivity index (χ0v) is 15.3. The van der Waals surface area contributed by atoms with E-state index in [0.717, 1.165) is 5.56 Å². The molecule has 0 aliphatic carbocycles. The number of nitriles is 1. The number of benzene rings is 1. The number of rotatable bonds is 5. The molecule has 0 unspecified atom stereocenters. The van der Waals surface area contributed by atoms with Crippen LogP contribution in [0, 0.1) is 25.2 Å². The van der Waals surface area contributed by atoms with Gasteiger partial charge in [0.2, 0.25) is 5.91 Å². The number of ether oxygens (including phenoxy) is 2. The number of aromatic nitrogens is 1. The van der Waals surface area contributed by atoms with Crippen molar-refractivity contribution in [1.29, 1.82) is 5.26 Å². The number of carbonyl (C=O) groups excluding carboxylic acids is 1. The molecule has 0 saturated heterocycles. The summed E-state index contributed by atoms with van der Waals surface area (Å²) >= 11 is 0. The maximum absolute atomic E-state index is 12.2. The molecule has 1 aromatic carbocycles. The van der Waals surface area contributed by atoms with Gasteiger partial charge in [-0.1, -0.05) is 12.1 Å². The first kappa shape index (κ1) is 18.5. The Hall–Kier alpha value is -3.27. The molecule has 1 aromatic heterocycles. The van der Waals surface area contributed by atoms with Gasteiger partial charge in [-0.2, -0.15) is 5.26 Å². The van der Waals surface area contributed by atoms with Crippen LogP contribution in [-0.2, 0) is 11.2 Å². The van der Waals surface area contributed by atoms with Crippen molar-refractivity contribution < 1.29 is 14.3 Å². The van der Waals surface area contributed by atoms with Gasteiger partial charge in [0.25, 0.3) is 5.56 Å². The fourth-order valence-electron chi connectivity index (χ4n) is 3.14. The third kappa shape index (κ3) is 4.11. The van der Waals surface area contributed by atoms with Gasteiger partial charge in [0.05, 0.1) is 6.54 Å². The SMILES string of the molecule is Cc1[nH]c(=O)c(C#N)c(C)c1CCC(=O)NC[C@@H]1COc2ccccc2O1. The number of hydrogen-bond acceptors (Lipinski definition) is 5. The van der Waals surface area contributed by atoms with Crippen LogP contribution in [0.3, 0.4) is 0 Å². The van der Waals surface area contributed by atoms with Crippen LogP contribution in [0.25, 0.3) is 0 Å². The number of H-pyrrole nitrogens is 1. The van der Waals surface area contributed by atoms with E-state index in [1.807, 2.05) is 30.3 Å². The fourth-order valence-corrected chi connectivity index (χ4v) is 3.14. The zero-order chi connectivity index (χ0) is 19.4. The molecule has 1 aliphatic heterocycles. The van der Waals surface area contributed by atoms with Gasteiger partial charge in [0.1, 0.15) is 24.3 Å². The molecular formula is C20H21N3O4. The minimum atomic E-state index is -0.393. The van der Waals surface area contributed by atoms with E-state index in [0.29, 0.717) is 42.3 Å². The van der Waals surface area contributed by atoms with Crippen LogP contribution in [0.5, 0.6) is 11.5 Å². The molecule has 2 aromatic rings. The molecule has 140 valence electrons. The molecule has 0 bridgehead atoms. The van der Waals surface area contributed by atoms with E-state index in [4.69, 9.17) is 14.7 Å². The number of aromatic amines is 1. The van der Waals surface area contributed by atoms with Crippen molar-refractivity contribution in [1.82, 2.24) is 10.3 Å². The Morgan fingerprint density at radius 3 is 2.81 bits per heavy atom. The maximum Gasteiger partial charge on any atom is 0.266 e. The average molecular weight is 367 g/mol. The van der Waals surface area contributed by atoms with Crippen LogP contribution in [0.15, 0.2) is 29.1 Å². The van der Waals surface area contributed by atoms with Gasteiger partial charge in [-0.05, 0) is 43.5 Å². The number of amides is 1. The normalized spacial score (nSPS) is 15.1. The summed E-state index contributed by atoms with van der Waals surface area (Å²) in [6.07, 6.45) is 0.452. The van der Waals surface area contributed by atoms with E-state index in [9.17, 15) is 9.59 Å². The lowest BCUT2D eigenvalue weighted by molar-refractivity contribution is -0.121. The molecule has 0 fully saturated rings. The quantitative estimate of drug-likeness (QED) is 0.838. The number of fused-ring (bicyclic) bond motifs is 1. The van der Waals surface area contributed by atoms with Gasteiger partial charge in [-0.15, -0.1) is 0 Å². The molecule has 7 nitrogen and oxygen atoms in total. The minimum Gasteiger partial charge on any atom is -0.486 e. The van der Waals surface area contributed by atoms with Gasteiger partial charge >= 0.3 is 0 Å². The van der Waals surface area contributed by atoms with Crippen molar-refractivity contribution in [2.45, 2.75) is 32.8 Å². The van der Waals surface area contributed by atoms with Gasteiger partial charge in [0, 0.05) is 12.1 Å². The Bertz CT molecular complexity index is 959. The minimum absolute atomic E-state index is 0.0995. The largest absolute Gasteiger partial charge is 0.486 e. The highest BCUT2D eigenvalue weighted by molar-refractivity contribution is 5.76. The number of para-hydroxylation sites is 2. The van der Waals surface area contributed by atoms with Crippen LogP contribution in [-0.4, -0.2) is 30.1 Å². The highest BCUT2D eigenvalue weighted by Crippen LogP contribution is 2.30. The third-order valence-electron chi connectivity index (χ3n) is 4.62. The third-order valence-corrected chi connectivity index (χ3v) is 4.62. The fraction of sp³-hybridized carbons (Fsp3) is 0.350.